The molecule has 3 nitrogen and oxygen atoms in total. The van der Waals surface area contributed by atoms with Crippen LogP contribution in [0.15, 0.2) is 36.4 Å². The Balaban J connectivity index is 2.41. The third kappa shape index (κ3) is 2.37. The molecule has 0 amide bonds. The molecule has 3 heteroatoms. The molecule has 0 aliphatic heterocycles. The van der Waals surface area contributed by atoms with Crippen molar-refractivity contribution in [3.8, 4) is 11.3 Å². The molecule has 1 aromatic heterocycles. The highest BCUT2D eigenvalue weighted by Crippen LogP contribution is 2.18. The van der Waals surface area contributed by atoms with E-state index in [0.29, 0.717) is 5.82 Å². The first kappa shape index (κ1) is 10.6. The summed E-state index contributed by atoms with van der Waals surface area (Å²) in [6.07, 6.45) is 1.89. The minimum atomic E-state index is 0.539. The van der Waals surface area contributed by atoms with Crippen molar-refractivity contribution in [1.82, 2.24) is 9.97 Å². The van der Waals surface area contributed by atoms with Crippen molar-refractivity contribution in [2.45, 2.75) is 19.8 Å². The van der Waals surface area contributed by atoms with Gasteiger partial charge in [0.1, 0.15) is 11.6 Å². The van der Waals surface area contributed by atoms with Gasteiger partial charge in [0.15, 0.2) is 0 Å². The van der Waals surface area contributed by atoms with Crippen LogP contribution in [0.2, 0.25) is 0 Å². The van der Waals surface area contributed by atoms with Gasteiger partial charge in [0.25, 0.3) is 0 Å². The second-order valence-corrected chi connectivity index (χ2v) is 3.71. The van der Waals surface area contributed by atoms with Crippen molar-refractivity contribution >= 4 is 5.82 Å². The summed E-state index contributed by atoms with van der Waals surface area (Å²) in [6, 6.07) is 11.8. The maximum atomic E-state index is 5.78. The number of nitrogen functional groups attached to an aromatic ring is 1. The summed E-state index contributed by atoms with van der Waals surface area (Å²) in [7, 11) is 0. The summed E-state index contributed by atoms with van der Waals surface area (Å²) in [4.78, 5) is 8.72. The molecule has 1 heterocycles. The zero-order valence-electron chi connectivity index (χ0n) is 9.35. The highest BCUT2D eigenvalue weighted by molar-refractivity contribution is 5.61. The van der Waals surface area contributed by atoms with Gasteiger partial charge < -0.3 is 5.73 Å². The lowest BCUT2D eigenvalue weighted by molar-refractivity contribution is 0.839. The van der Waals surface area contributed by atoms with E-state index < -0.39 is 0 Å². The van der Waals surface area contributed by atoms with Gasteiger partial charge in [-0.15, -0.1) is 0 Å². The number of aromatic nitrogens is 2. The molecule has 0 fully saturated rings. The second kappa shape index (κ2) is 4.75. The lowest BCUT2D eigenvalue weighted by atomic mass is 10.1. The number of benzene rings is 1. The Morgan fingerprint density at radius 3 is 2.56 bits per heavy atom. The Kier molecular flexibility index (Phi) is 3.15. The maximum Gasteiger partial charge on any atom is 0.131 e. The normalized spacial score (nSPS) is 10.3. The van der Waals surface area contributed by atoms with Crippen LogP contribution in [0.1, 0.15) is 19.2 Å². The summed E-state index contributed by atoms with van der Waals surface area (Å²) < 4.78 is 0. The fourth-order valence-electron chi connectivity index (χ4n) is 1.61. The third-order valence-corrected chi connectivity index (χ3v) is 2.34. The maximum absolute atomic E-state index is 5.78. The molecular formula is C13H15N3. The van der Waals surface area contributed by atoms with E-state index in [1.165, 1.54) is 0 Å². The van der Waals surface area contributed by atoms with Gasteiger partial charge in [0, 0.05) is 18.1 Å². The Morgan fingerprint density at radius 1 is 1.12 bits per heavy atom. The zero-order chi connectivity index (χ0) is 11.4. The van der Waals surface area contributed by atoms with Gasteiger partial charge in [-0.25, -0.2) is 9.97 Å². The summed E-state index contributed by atoms with van der Waals surface area (Å²) in [6.45, 7) is 2.11. The van der Waals surface area contributed by atoms with Crippen molar-refractivity contribution in [3.63, 3.8) is 0 Å². The van der Waals surface area contributed by atoms with E-state index in [1.807, 2.05) is 36.4 Å². The first-order valence-corrected chi connectivity index (χ1v) is 5.48. The van der Waals surface area contributed by atoms with E-state index in [1.54, 1.807) is 0 Å². The van der Waals surface area contributed by atoms with Crippen molar-refractivity contribution in [2.75, 3.05) is 5.73 Å². The Labute approximate surface area is 95.4 Å². The Bertz CT molecular complexity index is 466. The third-order valence-electron chi connectivity index (χ3n) is 2.34. The quantitative estimate of drug-likeness (QED) is 0.852. The van der Waals surface area contributed by atoms with Crippen LogP contribution in [0, 0.1) is 0 Å². The minimum Gasteiger partial charge on any atom is -0.384 e. The van der Waals surface area contributed by atoms with E-state index in [-0.39, 0.29) is 0 Å². The standard InChI is InChI=1S/C13H15N3/c1-2-6-13-15-11(9-12(14)16-13)10-7-4-3-5-8-10/h3-5,7-9H,2,6H2,1H3,(H2,14,15,16). The van der Waals surface area contributed by atoms with E-state index >= 15 is 0 Å². The molecule has 0 saturated carbocycles. The van der Waals surface area contributed by atoms with Crippen LogP contribution in [0.5, 0.6) is 0 Å². The predicted octanol–water partition coefficient (Wildman–Crippen LogP) is 2.68. The topological polar surface area (TPSA) is 51.8 Å². The molecule has 0 unspecified atom stereocenters. The number of hydrogen-bond donors (Lipinski definition) is 1. The molecule has 2 aromatic rings. The highest BCUT2D eigenvalue weighted by atomic mass is 14.9. The molecule has 0 aliphatic rings. The van der Waals surface area contributed by atoms with Crippen molar-refractivity contribution in [2.24, 2.45) is 0 Å². The van der Waals surface area contributed by atoms with Gasteiger partial charge in [0.05, 0.1) is 5.69 Å². The molecular weight excluding hydrogens is 198 g/mol. The Hall–Kier alpha value is -1.90. The van der Waals surface area contributed by atoms with Crippen molar-refractivity contribution in [1.29, 1.82) is 0 Å². The van der Waals surface area contributed by atoms with E-state index in [9.17, 15) is 0 Å². The van der Waals surface area contributed by atoms with Gasteiger partial charge in [-0.05, 0) is 6.42 Å². The van der Waals surface area contributed by atoms with Crippen molar-refractivity contribution in [3.05, 3.63) is 42.2 Å². The van der Waals surface area contributed by atoms with Crippen molar-refractivity contribution < 1.29 is 0 Å². The summed E-state index contributed by atoms with van der Waals surface area (Å²) in [5.74, 6) is 1.36. The molecule has 0 saturated heterocycles. The summed E-state index contributed by atoms with van der Waals surface area (Å²) >= 11 is 0. The number of nitrogens with zero attached hydrogens (tertiary/aromatic N) is 2. The molecule has 82 valence electrons. The van der Waals surface area contributed by atoms with Gasteiger partial charge in [-0.2, -0.15) is 0 Å². The van der Waals surface area contributed by atoms with Gasteiger partial charge in [0.2, 0.25) is 0 Å². The number of nitrogens with two attached hydrogens (primary N) is 1. The monoisotopic (exact) mass is 213 g/mol. The summed E-state index contributed by atoms with van der Waals surface area (Å²) in [5, 5.41) is 0. The van der Waals surface area contributed by atoms with Gasteiger partial charge >= 0.3 is 0 Å². The number of hydrogen-bond acceptors (Lipinski definition) is 3. The van der Waals surface area contributed by atoms with E-state index in [2.05, 4.69) is 16.9 Å². The number of aryl methyl sites for hydroxylation is 1. The molecule has 0 radical (unpaired) electrons. The smallest absolute Gasteiger partial charge is 0.131 e. The lowest BCUT2D eigenvalue weighted by Gasteiger charge is -2.04. The zero-order valence-corrected chi connectivity index (χ0v) is 9.35. The van der Waals surface area contributed by atoms with Crippen LogP contribution in [0.4, 0.5) is 5.82 Å². The number of rotatable bonds is 3. The highest BCUT2D eigenvalue weighted by Gasteiger charge is 2.03. The average molecular weight is 213 g/mol. The molecule has 0 aliphatic carbocycles. The van der Waals surface area contributed by atoms with Gasteiger partial charge in [-0.3, -0.25) is 0 Å². The van der Waals surface area contributed by atoms with Crippen LogP contribution in [0.25, 0.3) is 11.3 Å². The SMILES string of the molecule is CCCc1nc(N)cc(-c2ccccc2)n1. The second-order valence-electron chi connectivity index (χ2n) is 3.71. The fourth-order valence-corrected chi connectivity index (χ4v) is 1.61. The van der Waals surface area contributed by atoms with Crippen LogP contribution in [-0.2, 0) is 6.42 Å². The van der Waals surface area contributed by atoms with E-state index in [4.69, 9.17) is 5.73 Å². The molecule has 0 atom stereocenters. The van der Waals surface area contributed by atoms with Crippen LogP contribution in [0.3, 0.4) is 0 Å². The first-order valence-electron chi connectivity index (χ1n) is 5.48. The van der Waals surface area contributed by atoms with Crippen LogP contribution < -0.4 is 5.73 Å². The largest absolute Gasteiger partial charge is 0.384 e. The lowest BCUT2D eigenvalue weighted by Crippen LogP contribution is -2.00. The molecule has 16 heavy (non-hydrogen) atoms. The molecule has 1 aromatic carbocycles. The molecule has 2 N–H and O–H groups in total. The minimum absolute atomic E-state index is 0.539. The molecule has 0 bridgehead atoms. The van der Waals surface area contributed by atoms with Gasteiger partial charge in [-0.1, -0.05) is 37.3 Å². The predicted molar refractivity (Wildman–Crippen MR) is 65.9 cm³/mol. The number of anilines is 1. The van der Waals surface area contributed by atoms with Crippen LogP contribution >= 0.6 is 0 Å². The molecule has 0 spiro atoms. The van der Waals surface area contributed by atoms with E-state index in [0.717, 1.165) is 29.9 Å². The summed E-state index contributed by atoms with van der Waals surface area (Å²) in [5.41, 5.74) is 7.75. The molecule has 2 rings (SSSR count). The first-order chi connectivity index (χ1) is 7.79. The van der Waals surface area contributed by atoms with Crippen LogP contribution in [-0.4, -0.2) is 9.97 Å². The average Bonchev–Trinajstić information content (AvgIpc) is 2.30. The fraction of sp³-hybridized carbons (Fsp3) is 0.231. The Morgan fingerprint density at radius 2 is 1.88 bits per heavy atom.